The molecule has 0 radical (unpaired) electrons. The van der Waals surface area contributed by atoms with E-state index in [9.17, 15) is 31.4 Å². The molecule has 0 amide bonds. The second-order valence-electron chi connectivity index (χ2n) is 9.26. The number of nitrogens with zero attached hydrogens (tertiary/aromatic N) is 2. The Bertz CT molecular complexity index is 1430. The molecule has 4 rings (SSSR count). The topological polar surface area (TPSA) is 104 Å². The Morgan fingerprint density at radius 1 is 1.18 bits per heavy atom. The molecule has 2 unspecified atom stereocenters. The van der Waals surface area contributed by atoms with Gasteiger partial charge in [0.05, 0.1) is 34.7 Å². The van der Waals surface area contributed by atoms with Crippen molar-refractivity contribution in [2.24, 2.45) is 0 Å². The molecular formula is C26H27F6N3O4. The lowest BCUT2D eigenvalue weighted by molar-refractivity contribution is -0.191. The van der Waals surface area contributed by atoms with Crippen LogP contribution in [0.25, 0.3) is 23.6 Å². The van der Waals surface area contributed by atoms with Crippen molar-refractivity contribution in [3.05, 3.63) is 51.7 Å². The molecule has 1 aromatic carbocycles. The Morgan fingerprint density at radius 3 is 2.56 bits per heavy atom. The number of aromatic nitrogens is 3. The lowest BCUT2D eigenvalue weighted by Gasteiger charge is -2.21. The van der Waals surface area contributed by atoms with E-state index in [-0.39, 0.29) is 24.0 Å². The minimum absolute atomic E-state index is 0.0537. The number of rotatable bonds is 9. The molecule has 0 saturated heterocycles. The Morgan fingerprint density at radius 2 is 1.92 bits per heavy atom. The fourth-order valence-electron chi connectivity index (χ4n) is 4.22. The van der Waals surface area contributed by atoms with Gasteiger partial charge in [-0.15, -0.1) is 0 Å². The normalized spacial score (nSPS) is 17.2. The largest absolute Gasteiger partial charge is 0.481 e. The van der Waals surface area contributed by atoms with Crippen molar-refractivity contribution in [1.29, 1.82) is 0 Å². The van der Waals surface area contributed by atoms with Crippen molar-refractivity contribution in [3.63, 3.8) is 0 Å². The summed E-state index contributed by atoms with van der Waals surface area (Å²) in [5, 5.41) is 20.0. The molecule has 2 heterocycles. The fraction of sp³-hybridized carbons (Fsp3) is 0.462. The van der Waals surface area contributed by atoms with Crippen LogP contribution in [0.4, 0.5) is 26.3 Å². The van der Waals surface area contributed by atoms with Crippen LogP contribution in [0, 0.1) is 0 Å². The summed E-state index contributed by atoms with van der Waals surface area (Å²) in [6.07, 6.45) is -7.63. The molecular weight excluding hydrogens is 532 g/mol. The van der Waals surface area contributed by atoms with Gasteiger partial charge in [-0.05, 0) is 44.0 Å². The minimum Gasteiger partial charge on any atom is -0.481 e. The molecule has 7 nitrogen and oxygen atoms in total. The average molecular weight is 560 g/mol. The summed E-state index contributed by atoms with van der Waals surface area (Å²) in [6.45, 7) is 2.09. The van der Waals surface area contributed by atoms with E-state index in [1.165, 1.54) is 6.07 Å². The highest BCUT2D eigenvalue weighted by molar-refractivity contribution is 5.59. The number of fused-ring (bicyclic) bond motifs is 1. The first-order valence-corrected chi connectivity index (χ1v) is 12.3. The molecule has 0 saturated carbocycles. The van der Waals surface area contributed by atoms with Crippen LogP contribution < -0.4 is 15.4 Å². The molecule has 3 N–H and O–H groups in total. The predicted molar refractivity (Wildman–Crippen MR) is 128 cm³/mol. The highest BCUT2D eigenvalue weighted by Crippen LogP contribution is 2.41. The predicted octanol–water partition coefficient (Wildman–Crippen LogP) is 4.01. The number of ether oxygens (including phenoxy) is 1. The molecule has 3 aromatic rings. The van der Waals surface area contributed by atoms with Crippen molar-refractivity contribution in [2.75, 3.05) is 6.61 Å². The smallest absolute Gasteiger partial charge is 0.425 e. The summed E-state index contributed by atoms with van der Waals surface area (Å²) in [5.74, 6) is -0.195. The summed E-state index contributed by atoms with van der Waals surface area (Å²) in [6, 6.07) is 2.69. The number of aliphatic hydroxyl groups excluding tert-OH is 2. The van der Waals surface area contributed by atoms with Gasteiger partial charge >= 0.3 is 12.4 Å². The molecule has 2 aromatic heterocycles. The van der Waals surface area contributed by atoms with Crippen LogP contribution in [0.15, 0.2) is 22.6 Å². The van der Waals surface area contributed by atoms with Gasteiger partial charge in [-0.25, -0.2) is 9.97 Å². The Balaban J connectivity index is 1.65. The van der Waals surface area contributed by atoms with Crippen molar-refractivity contribution >= 4 is 12.2 Å². The van der Waals surface area contributed by atoms with Crippen LogP contribution in [0.5, 0.6) is 5.75 Å². The maximum atomic E-state index is 13.7. The van der Waals surface area contributed by atoms with Gasteiger partial charge < -0.3 is 24.4 Å². The fourth-order valence-corrected chi connectivity index (χ4v) is 4.22. The number of benzene rings is 1. The quantitative estimate of drug-likeness (QED) is 0.343. The highest BCUT2D eigenvalue weighted by Gasteiger charge is 2.41. The number of hydrogen-bond acceptors (Lipinski definition) is 6. The molecule has 212 valence electrons. The zero-order chi connectivity index (χ0) is 28.5. The van der Waals surface area contributed by atoms with Crippen LogP contribution >= 0.6 is 0 Å². The van der Waals surface area contributed by atoms with Gasteiger partial charge in [-0.2, -0.15) is 26.3 Å². The number of aromatic amines is 1. The van der Waals surface area contributed by atoms with Gasteiger partial charge in [-0.3, -0.25) is 0 Å². The number of oxazole rings is 1. The van der Waals surface area contributed by atoms with Gasteiger partial charge in [0.25, 0.3) is 0 Å². The summed E-state index contributed by atoms with van der Waals surface area (Å²) >= 11 is 0. The number of aliphatic hydroxyl groups is 2. The minimum atomic E-state index is -4.98. The van der Waals surface area contributed by atoms with Gasteiger partial charge in [0.2, 0.25) is 5.89 Å². The molecule has 0 spiro atoms. The molecule has 3 atom stereocenters. The first-order valence-electron chi connectivity index (χ1n) is 12.3. The number of alkyl halides is 6. The van der Waals surface area contributed by atoms with E-state index in [2.05, 4.69) is 19.7 Å². The summed E-state index contributed by atoms with van der Waals surface area (Å²) in [4.78, 5) is 12.1. The lowest BCUT2D eigenvalue weighted by Crippen LogP contribution is -2.31. The van der Waals surface area contributed by atoms with Crippen LogP contribution in [0.3, 0.4) is 0 Å². The van der Waals surface area contributed by atoms with Gasteiger partial charge in [0.1, 0.15) is 17.3 Å². The summed E-state index contributed by atoms with van der Waals surface area (Å²) in [7, 11) is 0. The van der Waals surface area contributed by atoms with E-state index < -0.39 is 35.9 Å². The van der Waals surface area contributed by atoms with Crippen LogP contribution in [-0.2, 0) is 19.0 Å². The standard InChI is InChI=1S/C26H27F6N3O4/c1-3-20-23(14-4-7-18-19(11-14)34-22(33-18)9-6-16(37)12-36)35-24(39-20)15-5-8-21(17(10-15)26(30,31)32)38-13(2)25(27,28)29/h5,7-8,10-11,13-14,16,36-37H,3-4,6,9,12H2,1-2H3,(H,33,34)/t13?,14-,16?/m0/s1. The van der Waals surface area contributed by atoms with Crippen molar-refractivity contribution < 1.29 is 45.7 Å². The van der Waals surface area contributed by atoms with Gasteiger partial charge in [0.15, 0.2) is 6.10 Å². The van der Waals surface area contributed by atoms with Gasteiger partial charge in [0, 0.05) is 24.3 Å². The van der Waals surface area contributed by atoms with E-state index in [0.29, 0.717) is 56.0 Å². The van der Waals surface area contributed by atoms with E-state index in [4.69, 9.17) is 9.52 Å². The molecule has 1 aliphatic carbocycles. The summed E-state index contributed by atoms with van der Waals surface area (Å²) in [5.41, 5.74) is -0.893. The third-order valence-electron chi connectivity index (χ3n) is 6.36. The van der Waals surface area contributed by atoms with Gasteiger partial charge in [-0.1, -0.05) is 13.0 Å². The highest BCUT2D eigenvalue weighted by atomic mass is 19.4. The second-order valence-corrected chi connectivity index (χ2v) is 9.26. The van der Waals surface area contributed by atoms with E-state index in [1.807, 2.05) is 19.1 Å². The van der Waals surface area contributed by atoms with E-state index >= 15 is 0 Å². The number of hydrogen-bond donors (Lipinski definition) is 3. The Labute approximate surface area is 218 Å². The molecule has 0 fully saturated rings. The molecule has 0 aliphatic heterocycles. The molecule has 0 bridgehead atoms. The van der Waals surface area contributed by atoms with E-state index in [1.54, 1.807) is 0 Å². The molecule has 39 heavy (non-hydrogen) atoms. The average Bonchev–Trinajstić information content (AvgIpc) is 3.49. The third-order valence-corrected chi connectivity index (χ3v) is 6.36. The van der Waals surface area contributed by atoms with Crippen molar-refractivity contribution in [3.8, 4) is 17.2 Å². The van der Waals surface area contributed by atoms with Crippen LogP contribution in [-0.4, -0.2) is 50.2 Å². The molecule has 13 heteroatoms. The first-order chi connectivity index (χ1) is 18.3. The Hall–Kier alpha value is -3.32. The van der Waals surface area contributed by atoms with Crippen molar-refractivity contribution in [1.82, 2.24) is 15.0 Å². The monoisotopic (exact) mass is 559 g/mol. The Kier molecular flexibility index (Phi) is 8.12. The van der Waals surface area contributed by atoms with E-state index in [0.717, 1.165) is 16.8 Å². The number of aryl methyl sites for hydroxylation is 2. The molecule has 1 aliphatic rings. The third kappa shape index (κ3) is 6.47. The zero-order valence-electron chi connectivity index (χ0n) is 21.0. The second kappa shape index (κ2) is 11.0. The number of imidazole rings is 1. The number of H-pyrrole nitrogens is 1. The maximum absolute atomic E-state index is 13.7. The number of halogens is 6. The first kappa shape index (κ1) is 28.7. The number of nitrogens with one attached hydrogen (secondary N) is 1. The zero-order valence-corrected chi connectivity index (χ0v) is 21.0. The maximum Gasteiger partial charge on any atom is 0.425 e. The summed E-state index contributed by atoms with van der Waals surface area (Å²) < 4.78 is 90.3. The van der Waals surface area contributed by atoms with Crippen LogP contribution in [0.2, 0.25) is 0 Å². The van der Waals surface area contributed by atoms with Crippen molar-refractivity contribution in [2.45, 2.75) is 70.0 Å². The lowest BCUT2D eigenvalue weighted by atomic mass is 9.96. The SMILES string of the molecule is CCc1oc(-c2ccc(OC(C)C(F)(F)F)c(C(F)(F)F)c2)nc1[C@@H]1C=c2[nH]c(CCC(O)CO)nc2=CC1. The van der Waals surface area contributed by atoms with Crippen LogP contribution in [0.1, 0.15) is 55.4 Å².